The molecule has 8 heteroatoms. The van der Waals surface area contributed by atoms with E-state index in [1.165, 1.54) is 12.1 Å². The number of halogens is 1. The second kappa shape index (κ2) is 10.2. The molecule has 0 unspecified atom stereocenters. The minimum absolute atomic E-state index is 0.216. The Morgan fingerprint density at radius 1 is 0.861 bits per heavy atom. The second-order valence-electron chi connectivity index (χ2n) is 7.93. The van der Waals surface area contributed by atoms with Crippen molar-refractivity contribution in [2.24, 2.45) is 0 Å². The molecule has 0 bridgehead atoms. The molecule has 0 radical (unpaired) electrons. The fraction of sp³-hybridized carbons (Fsp3) is 0. The predicted molar refractivity (Wildman–Crippen MR) is 143 cm³/mol. The van der Waals surface area contributed by atoms with Gasteiger partial charge in [0.2, 0.25) is 5.91 Å². The summed E-state index contributed by atoms with van der Waals surface area (Å²) in [7, 11) is 0. The van der Waals surface area contributed by atoms with Crippen molar-refractivity contribution in [3.05, 3.63) is 113 Å². The highest BCUT2D eigenvalue weighted by Gasteiger charge is 2.14. The number of pyridine rings is 1. The number of amides is 2. The van der Waals surface area contributed by atoms with Crippen molar-refractivity contribution in [2.75, 3.05) is 10.6 Å². The van der Waals surface area contributed by atoms with Gasteiger partial charge in [0.1, 0.15) is 11.3 Å². The fourth-order valence-electron chi connectivity index (χ4n) is 3.59. The lowest BCUT2D eigenvalue weighted by atomic mass is 10.1. The van der Waals surface area contributed by atoms with Gasteiger partial charge in [0, 0.05) is 17.3 Å². The quantitative estimate of drug-likeness (QED) is 0.246. The molecule has 0 saturated heterocycles. The van der Waals surface area contributed by atoms with Crippen LogP contribution in [0, 0.1) is 0 Å². The first kappa shape index (κ1) is 23.0. The van der Waals surface area contributed by atoms with Gasteiger partial charge in [-0.05, 0) is 35.9 Å². The minimum Gasteiger partial charge on any atom is -0.323 e. The van der Waals surface area contributed by atoms with Gasteiger partial charge in [-0.1, -0.05) is 72.3 Å². The number of fused-ring (bicyclic) bond motifs is 1. The van der Waals surface area contributed by atoms with Gasteiger partial charge in [0.25, 0.3) is 5.91 Å². The number of nitrogens with zero attached hydrogens (tertiary/aromatic N) is 2. The van der Waals surface area contributed by atoms with Crippen molar-refractivity contribution in [1.29, 1.82) is 0 Å². The zero-order valence-corrected chi connectivity index (χ0v) is 19.7. The van der Waals surface area contributed by atoms with E-state index in [4.69, 9.17) is 11.6 Å². The predicted octanol–water partition coefficient (Wildman–Crippen LogP) is 6.18. The lowest BCUT2D eigenvalue weighted by Crippen LogP contribution is -2.14. The van der Waals surface area contributed by atoms with Gasteiger partial charge in [-0.3, -0.25) is 9.59 Å². The maximum Gasteiger partial charge on any atom is 0.257 e. The molecule has 2 aromatic heterocycles. The van der Waals surface area contributed by atoms with Gasteiger partial charge < -0.3 is 15.6 Å². The summed E-state index contributed by atoms with van der Waals surface area (Å²) in [5.41, 5.74) is 4.19. The van der Waals surface area contributed by atoms with Crippen LogP contribution in [0.2, 0.25) is 5.02 Å². The van der Waals surface area contributed by atoms with Crippen LogP contribution in [0.3, 0.4) is 0 Å². The number of carbonyl (C=O) groups excluding carboxylic acids is 2. The Balaban J connectivity index is 1.30. The summed E-state index contributed by atoms with van der Waals surface area (Å²) in [5, 5.41) is 5.81. The Labute approximate surface area is 211 Å². The molecule has 0 fully saturated rings. The van der Waals surface area contributed by atoms with Gasteiger partial charge in [-0.15, -0.1) is 0 Å². The van der Waals surface area contributed by atoms with Crippen LogP contribution in [0.15, 0.2) is 97.2 Å². The third-order valence-electron chi connectivity index (χ3n) is 5.35. The van der Waals surface area contributed by atoms with Crippen LogP contribution in [0.25, 0.3) is 28.6 Å². The van der Waals surface area contributed by atoms with Crippen LogP contribution in [0.4, 0.5) is 11.4 Å². The van der Waals surface area contributed by atoms with E-state index >= 15 is 0 Å². The van der Waals surface area contributed by atoms with Gasteiger partial charge in [0.15, 0.2) is 5.65 Å². The summed E-state index contributed by atoms with van der Waals surface area (Å²) >= 11 is 6.28. The SMILES string of the molecule is O=C(/C=C/c1ccccc1)Nc1ccc(Cl)c(C(=O)Nc2cnc3[nH]c(-c4ccccc4)nc3c2)c1. The van der Waals surface area contributed by atoms with Gasteiger partial charge >= 0.3 is 0 Å². The molecule has 0 aliphatic heterocycles. The van der Waals surface area contributed by atoms with Crippen LogP contribution in [-0.4, -0.2) is 26.8 Å². The number of anilines is 2. The Bertz CT molecular complexity index is 1580. The number of H-pyrrole nitrogens is 1. The van der Waals surface area contributed by atoms with Crippen LogP contribution in [0.5, 0.6) is 0 Å². The van der Waals surface area contributed by atoms with Crippen molar-refractivity contribution in [3.63, 3.8) is 0 Å². The van der Waals surface area contributed by atoms with Crippen molar-refractivity contribution < 1.29 is 9.59 Å². The number of hydrogen-bond donors (Lipinski definition) is 3. The summed E-state index contributed by atoms with van der Waals surface area (Å²) in [6.07, 6.45) is 4.68. The van der Waals surface area contributed by atoms with E-state index in [1.807, 2.05) is 60.7 Å². The van der Waals surface area contributed by atoms with Crippen LogP contribution in [-0.2, 0) is 4.79 Å². The molecule has 0 atom stereocenters. The summed E-state index contributed by atoms with van der Waals surface area (Å²) in [6.45, 7) is 0. The number of rotatable bonds is 6. The molecule has 0 spiro atoms. The summed E-state index contributed by atoms with van der Waals surface area (Å²) < 4.78 is 0. The summed E-state index contributed by atoms with van der Waals surface area (Å²) in [5.74, 6) is -0.0692. The van der Waals surface area contributed by atoms with E-state index < -0.39 is 5.91 Å². The molecule has 3 N–H and O–H groups in total. The first-order chi connectivity index (χ1) is 17.5. The molecule has 176 valence electrons. The normalized spacial score (nSPS) is 11.0. The molecule has 2 amide bonds. The number of nitrogens with one attached hydrogen (secondary N) is 3. The summed E-state index contributed by atoms with van der Waals surface area (Å²) in [4.78, 5) is 37.4. The van der Waals surface area contributed by atoms with Crippen molar-refractivity contribution in [3.8, 4) is 11.4 Å². The molecule has 2 heterocycles. The highest BCUT2D eigenvalue weighted by molar-refractivity contribution is 6.34. The van der Waals surface area contributed by atoms with E-state index in [1.54, 1.807) is 30.5 Å². The number of aromatic amines is 1. The average Bonchev–Trinajstić information content (AvgIpc) is 3.33. The molecule has 0 aliphatic rings. The molecule has 7 nitrogen and oxygen atoms in total. The van der Waals surface area contributed by atoms with Crippen molar-refractivity contribution >= 4 is 52.0 Å². The molecular weight excluding hydrogens is 474 g/mol. The van der Waals surface area contributed by atoms with E-state index in [9.17, 15) is 9.59 Å². The van der Waals surface area contributed by atoms with Crippen molar-refractivity contribution in [2.45, 2.75) is 0 Å². The second-order valence-corrected chi connectivity index (χ2v) is 8.33. The van der Waals surface area contributed by atoms with Gasteiger partial charge in [-0.2, -0.15) is 0 Å². The highest BCUT2D eigenvalue weighted by Crippen LogP contribution is 2.24. The van der Waals surface area contributed by atoms with Gasteiger partial charge in [-0.25, -0.2) is 9.97 Å². The smallest absolute Gasteiger partial charge is 0.257 e. The molecule has 3 aromatic carbocycles. The Hall–Kier alpha value is -4.75. The van der Waals surface area contributed by atoms with E-state index in [-0.39, 0.29) is 16.5 Å². The first-order valence-corrected chi connectivity index (χ1v) is 11.5. The van der Waals surface area contributed by atoms with Gasteiger partial charge in [0.05, 0.1) is 22.5 Å². The highest BCUT2D eigenvalue weighted by atomic mass is 35.5. The van der Waals surface area contributed by atoms with Crippen molar-refractivity contribution in [1.82, 2.24) is 15.0 Å². The maximum absolute atomic E-state index is 13.0. The minimum atomic E-state index is -0.434. The van der Waals surface area contributed by atoms with E-state index in [0.29, 0.717) is 28.4 Å². The monoisotopic (exact) mass is 493 g/mol. The lowest BCUT2D eigenvalue weighted by molar-refractivity contribution is -0.111. The Morgan fingerprint density at radius 2 is 1.61 bits per heavy atom. The third-order valence-corrected chi connectivity index (χ3v) is 5.68. The Morgan fingerprint density at radius 3 is 2.39 bits per heavy atom. The molecular formula is C28H20ClN5O2. The topological polar surface area (TPSA) is 99.8 Å². The zero-order chi connectivity index (χ0) is 24.9. The molecule has 0 saturated carbocycles. The number of carbonyl (C=O) groups is 2. The molecule has 5 aromatic rings. The number of imidazole rings is 1. The number of hydrogen-bond acceptors (Lipinski definition) is 4. The molecule has 5 rings (SSSR count). The molecule has 0 aliphatic carbocycles. The fourth-order valence-corrected chi connectivity index (χ4v) is 3.80. The van der Waals surface area contributed by atoms with E-state index in [2.05, 4.69) is 25.6 Å². The largest absolute Gasteiger partial charge is 0.323 e. The standard InChI is InChI=1S/C28H20ClN5O2/c29-23-13-12-20(31-25(35)14-11-18-7-3-1-4-8-18)15-22(23)28(36)32-21-16-24-27(30-17-21)34-26(33-24)19-9-5-2-6-10-19/h1-17H,(H,31,35)(H,32,36)(H,30,33,34)/b14-11+. The summed E-state index contributed by atoms with van der Waals surface area (Å²) in [6, 6.07) is 25.6. The first-order valence-electron chi connectivity index (χ1n) is 11.1. The average molecular weight is 494 g/mol. The molecule has 36 heavy (non-hydrogen) atoms. The zero-order valence-electron chi connectivity index (χ0n) is 18.9. The maximum atomic E-state index is 13.0. The van der Waals surface area contributed by atoms with Crippen LogP contribution >= 0.6 is 11.6 Å². The van der Waals surface area contributed by atoms with Crippen LogP contribution in [0.1, 0.15) is 15.9 Å². The van der Waals surface area contributed by atoms with Crippen LogP contribution < -0.4 is 10.6 Å². The third kappa shape index (κ3) is 5.32. The lowest BCUT2D eigenvalue weighted by Gasteiger charge is -2.09. The Kier molecular flexibility index (Phi) is 6.55. The number of benzene rings is 3. The van der Waals surface area contributed by atoms with E-state index in [0.717, 1.165) is 11.1 Å². The number of aromatic nitrogens is 3.